The lowest BCUT2D eigenvalue weighted by Crippen LogP contribution is -1.72. The summed E-state index contributed by atoms with van der Waals surface area (Å²) in [4.78, 5) is 0. The van der Waals surface area contributed by atoms with Gasteiger partial charge in [-0.2, -0.15) is 0 Å². The van der Waals surface area contributed by atoms with E-state index in [-0.39, 0.29) is 5.76 Å². The van der Waals surface area contributed by atoms with Crippen molar-refractivity contribution in [3.8, 4) is 0 Å². The van der Waals surface area contributed by atoms with Crippen LogP contribution in [0.25, 0.3) is 12.2 Å². The first kappa shape index (κ1) is 12.0. The van der Waals surface area contributed by atoms with E-state index in [1.54, 1.807) is 12.2 Å². The Hall–Kier alpha value is -2.50. The van der Waals surface area contributed by atoms with Gasteiger partial charge in [-0.05, 0) is 23.3 Å². The molecule has 1 heteroatoms. The normalized spacial score (nSPS) is 10.0. The van der Waals surface area contributed by atoms with Crippen molar-refractivity contribution in [2.45, 2.75) is 0 Å². The Labute approximate surface area is 107 Å². The molecule has 0 heterocycles. The molecule has 1 nitrogen and oxygen atoms in total. The Morgan fingerprint density at radius 2 is 1.39 bits per heavy atom. The summed E-state index contributed by atoms with van der Waals surface area (Å²) in [5.41, 5.74) is 4.89. The first-order chi connectivity index (χ1) is 8.84. The number of benzene rings is 2. The molecule has 0 amide bonds. The number of hydrogen-bond donors (Lipinski definition) is 1. The minimum Gasteiger partial charge on any atom is -0.501 e. The second kappa shape index (κ2) is 6.29. The highest BCUT2D eigenvalue weighted by molar-refractivity contribution is 5.54. The van der Waals surface area contributed by atoms with Crippen molar-refractivity contribution in [3.63, 3.8) is 0 Å². The molecule has 88 valence electrons. The van der Waals surface area contributed by atoms with E-state index in [9.17, 15) is 5.11 Å². The third-order valence-corrected chi connectivity index (χ3v) is 2.42. The number of hydrogen-bond acceptors (Lipinski definition) is 1. The molecule has 0 aliphatic carbocycles. The molecule has 0 aromatic heterocycles. The second-order valence-electron chi connectivity index (χ2n) is 3.83. The summed E-state index contributed by atoms with van der Waals surface area (Å²) in [5, 5.41) is 9.66. The van der Waals surface area contributed by atoms with E-state index < -0.39 is 0 Å². The van der Waals surface area contributed by atoms with Gasteiger partial charge >= 0.3 is 0 Å². The van der Waals surface area contributed by atoms with Crippen LogP contribution in [0.5, 0.6) is 0 Å². The summed E-state index contributed by atoms with van der Waals surface area (Å²) in [6, 6.07) is 19.6. The van der Waals surface area contributed by atoms with Crippen LogP contribution < -0.4 is 0 Å². The summed E-state index contributed by atoms with van der Waals surface area (Å²) < 4.78 is 0. The molecular weight excluding hydrogens is 220 g/mol. The van der Waals surface area contributed by atoms with Crippen molar-refractivity contribution in [1.29, 1.82) is 0 Å². The molecule has 0 unspecified atom stereocenters. The zero-order valence-electron chi connectivity index (χ0n) is 9.95. The lowest BCUT2D eigenvalue weighted by molar-refractivity contribution is 0.435. The van der Waals surface area contributed by atoms with Crippen molar-refractivity contribution in [2.24, 2.45) is 0 Å². The summed E-state index contributed by atoms with van der Waals surface area (Å²) >= 11 is 0. The van der Waals surface area contributed by atoms with Gasteiger partial charge in [0.2, 0.25) is 0 Å². The van der Waals surface area contributed by atoms with Crippen LogP contribution >= 0.6 is 0 Å². The lowest BCUT2D eigenvalue weighted by Gasteiger charge is -1.91. The minimum atomic E-state index is 0.114. The fourth-order valence-corrected chi connectivity index (χ4v) is 1.49. The Balaban J connectivity index is 2.10. The molecule has 2 rings (SSSR count). The molecular formula is C17H14O. The first-order valence-corrected chi connectivity index (χ1v) is 5.78. The van der Waals surface area contributed by atoms with Gasteiger partial charge in [0.05, 0.1) is 0 Å². The highest BCUT2D eigenvalue weighted by atomic mass is 16.3. The molecule has 0 bridgehead atoms. The van der Waals surface area contributed by atoms with Gasteiger partial charge in [-0.25, -0.2) is 0 Å². The number of rotatable bonds is 3. The van der Waals surface area contributed by atoms with Crippen LogP contribution in [0, 0.1) is 0 Å². The average Bonchev–Trinajstić information content (AvgIpc) is 2.45. The molecule has 1 N–H and O–H groups in total. The Kier molecular flexibility index (Phi) is 4.18. The molecule has 0 aliphatic rings. The molecule has 0 aliphatic heterocycles. The van der Waals surface area contributed by atoms with Crippen molar-refractivity contribution in [1.82, 2.24) is 0 Å². The minimum absolute atomic E-state index is 0.114. The van der Waals surface area contributed by atoms with Crippen LogP contribution in [-0.4, -0.2) is 5.11 Å². The molecule has 0 spiro atoms. The Morgan fingerprint density at radius 1 is 0.833 bits per heavy atom. The molecule has 0 saturated heterocycles. The van der Waals surface area contributed by atoms with E-state index in [0.29, 0.717) is 0 Å². The third kappa shape index (κ3) is 3.82. The van der Waals surface area contributed by atoms with Crippen LogP contribution in [0.15, 0.2) is 78.2 Å². The topological polar surface area (TPSA) is 20.2 Å². The van der Waals surface area contributed by atoms with E-state index in [0.717, 1.165) is 11.1 Å². The van der Waals surface area contributed by atoms with E-state index in [1.165, 1.54) is 0 Å². The maximum atomic E-state index is 9.66. The summed E-state index contributed by atoms with van der Waals surface area (Å²) in [5.74, 6) is 0.114. The highest BCUT2D eigenvalue weighted by Gasteiger charge is 1.85. The molecule has 2 aromatic carbocycles. The van der Waals surface area contributed by atoms with Gasteiger partial charge in [-0.3, -0.25) is 0 Å². The average molecular weight is 234 g/mol. The van der Waals surface area contributed by atoms with Crippen LogP contribution in [-0.2, 0) is 0 Å². The second-order valence-corrected chi connectivity index (χ2v) is 3.83. The largest absolute Gasteiger partial charge is 0.501 e. The molecule has 0 fully saturated rings. The van der Waals surface area contributed by atoms with Gasteiger partial charge in [0, 0.05) is 0 Å². The van der Waals surface area contributed by atoms with Crippen LogP contribution in [0.2, 0.25) is 0 Å². The lowest BCUT2D eigenvalue weighted by atomic mass is 10.2. The van der Waals surface area contributed by atoms with Gasteiger partial charge in [0.15, 0.2) is 5.76 Å². The van der Waals surface area contributed by atoms with Gasteiger partial charge in [0.25, 0.3) is 0 Å². The van der Waals surface area contributed by atoms with Crippen LogP contribution in [0.4, 0.5) is 0 Å². The maximum Gasteiger partial charge on any atom is 0.159 e. The van der Waals surface area contributed by atoms with Crippen molar-refractivity contribution in [2.75, 3.05) is 0 Å². The fourth-order valence-electron chi connectivity index (χ4n) is 1.49. The number of aliphatic hydroxyl groups is 1. The van der Waals surface area contributed by atoms with Gasteiger partial charge in [0.1, 0.15) is 0 Å². The van der Waals surface area contributed by atoms with Gasteiger partial charge in [-0.15, -0.1) is 0 Å². The molecule has 0 atom stereocenters. The summed E-state index contributed by atoms with van der Waals surface area (Å²) in [6.45, 7) is 0. The van der Waals surface area contributed by atoms with Crippen LogP contribution in [0.1, 0.15) is 11.1 Å². The van der Waals surface area contributed by atoms with Crippen molar-refractivity contribution in [3.05, 3.63) is 89.4 Å². The predicted octanol–water partition coefficient (Wildman–Crippen LogP) is 4.45. The number of allylic oxidation sites excluding steroid dienone is 1. The quantitative estimate of drug-likeness (QED) is 0.472. The molecule has 18 heavy (non-hydrogen) atoms. The Bertz CT molecular complexity index is 574. The summed E-state index contributed by atoms with van der Waals surface area (Å²) in [6.07, 6.45) is 5.24. The van der Waals surface area contributed by atoms with Gasteiger partial charge < -0.3 is 5.11 Å². The zero-order chi connectivity index (χ0) is 12.6. The van der Waals surface area contributed by atoms with Crippen LogP contribution in [0.3, 0.4) is 0 Å². The van der Waals surface area contributed by atoms with E-state index in [1.807, 2.05) is 66.7 Å². The smallest absolute Gasteiger partial charge is 0.159 e. The van der Waals surface area contributed by atoms with E-state index >= 15 is 0 Å². The SMILES string of the molecule is OC(=C=Cc1ccccc1)/C=C/c1ccccc1. The van der Waals surface area contributed by atoms with Crippen molar-refractivity contribution >= 4 is 12.2 Å². The molecule has 0 radical (unpaired) electrons. The van der Waals surface area contributed by atoms with E-state index in [4.69, 9.17) is 0 Å². The molecule has 0 saturated carbocycles. The highest BCUT2D eigenvalue weighted by Crippen LogP contribution is 2.04. The first-order valence-electron chi connectivity index (χ1n) is 5.78. The van der Waals surface area contributed by atoms with Crippen molar-refractivity contribution < 1.29 is 5.11 Å². The summed E-state index contributed by atoms with van der Waals surface area (Å²) in [7, 11) is 0. The number of aliphatic hydroxyl groups excluding tert-OH is 1. The van der Waals surface area contributed by atoms with Gasteiger partial charge in [-0.1, -0.05) is 72.5 Å². The molecule has 2 aromatic rings. The maximum absolute atomic E-state index is 9.66. The van der Waals surface area contributed by atoms with E-state index in [2.05, 4.69) is 5.73 Å². The standard InChI is InChI=1S/C17H14O/c18-17(13-11-15-7-3-1-4-8-15)14-12-16-9-5-2-6-10-16/h1-13,18H/b13-11+. The monoisotopic (exact) mass is 234 g/mol. The Morgan fingerprint density at radius 3 is 2.00 bits per heavy atom. The third-order valence-electron chi connectivity index (χ3n) is 2.42. The predicted molar refractivity (Wildman–Crippen MR) is 76.0 cm³/mol. The fraction of sp³-hybridized carbons (Fsp3) is 0. The zero-order valence-corrected chi connectivity index (χ0v) is 9.95.